The number of halogens is 3. The quantitative estimate of drug-likeness (QED) is 0.553. The lowest BCUT2D eigenvalue weighted by Crippen LogP contribution is -2.75. The van der Waals surface area contributed by atoms with E-state index >= 15 is 0 Å². The molecule has 2 saturated heterocycles. The maximum atomic E-state index is 14.8. The summed E-state index contributed by atoms with van der Waals surface area (Å²) >= 11 is 11.8. The molecule has 0 spiro atoms. The molecule has 0 aliphatic carbocycles. The van der Waals surface area contributed by atoms with E-state index in [-0.39, 0.29) is 24.0 Å². The van der Waals surface area contributed by atoms with Gasteiger partial charge in [0.25, 0.3) is 5.91 Å². The largest absolute Gasteiger partial charge is 0.435 e. The van der Waals surface area contributed by atoms with Gasteiger partial charge in [-0.05, 0) is 49.7 Å². The zero-order valence-corrected chi connectivity index (χ0v) is 22.7. The molecule has 4 rings (SSSR count). The number of carbonyl (C=O) groups excluding carboxylic acids is 3. The number of nitrogens with two attached hydrogens (primary N) is 1. The number of fused-ring (bicyclic) bond motifs is 1. The van der Waals surface area contributed by atoms with Crippen molar-refractivity contribution < 1.29 is 31.9 Å². The maximum Gasteiger partial charge on any atom is 0.405 e. The Morgan fingerprint density at radius 1 is 1.08 bits per heavy atom. The number of ether oxygens (including phenoxy) is 1. The van der Waals surface area contributed by atoms with E-state index < -0.39 is 63.5 Å². The Labute approximate surface area is 229 Å². The van der Waals surface area contributed by atoms with Crippen LogP contribution in [-0.4, -0.2) is 77.9 Å². The molecule has 204 valence electrons. The van der Waals surface area contributed by atoms with E-state index in [9.17, 15) is 27.2 Å². The highest BCUT2D eigenvalue weighted by Crippen LogP contribution is 2.34. The van der Waals surface area contributed by atoms with Gasteiger partial charge in [-0.2, -0.15) is 4.31 Å². The van der Waals surface area contributed by atoms with Crippen LogP contribution in [0.4, 0.5) is 9.18 Å². The van der Waals surface area contributed by atoms with Crippen LogP contribution < -0.4 is 5.73 Å². The molecule has 2 aliphatic heterocycles. The number of rotatable bonds is 6. The molecule has 0 aromatic heterocycles. The SMILES string of the molecule is CC(C)N1CC2N(C(=O)C(OC(N)=O)CN2S(=O)(=O)c2ccc(Cl)cc2F)C(Cc2ccc(Cl)cc2)C1=O. The molecule has 0 bridgehead atoms. The van der Waals surface area contributed by atoms with Crippen molar-refractivity contribution in [2.45, 2.75) is 49.5 Å². The van der Waals surface area contributed by atoms with Crippen molar-refractivity contribution in [2.75, 3.05) is 13.1 Å². The molecule has 38 heavy (non-hydrogen) atoms. The number of sulfonamides is 1. The molecule has 3 amide bonds. The summed E-state index contributed by atoms with van der Waals surface area (Å²) in [5, 5.41) is 0.459. The van der Waals surface area contributed by atoms with Crippen molar-refractivity contribution >= 4 is 51.1 Å². The van der Waals surface area contributed by atoms with Gasteiger partial charge in [0.15, 0.2) is 6.10 Å². The van der Waals surface area contributed by atoms with Gasteiger partial charge in [0.05, 0.1) is 13.1 Å². The van der Waals surface area contributed by atoms with Crippen LogP contribution in [0.5, 0.6) is 0 Å². The average molecular weight is 587 g/mol. The Morgan fingerprint density at radius 3 is 2.29 bits per heavy atom. The van der Waals surface area contributed by atoms with Gasteiger partial charge in [-0.25, -0.2) is 17.6 Å². The molecule has 2 heterocycles. The Hall–Kier alpha value is -2.93. The van der Waals surface area contributed by atoms with E-state index in [1.54, 1.807) is 38.1 Å². The van der Waals surface area contributed by atoms with Crippen molar-refractivity contribution in [2.24, 2.45) is 5.73 Å². The van der Waals surface area contributed by atoms with Crippen molar-refractivity contribution in [1.82, 2.24) is 14.1 Å². The number of benzene rings is 2. The molecule has 3 unspecified atom stereocenters. The van der Waals surface area contributed by atoms with Crippen LogP contribution in [0.25, 0.3) is 0 Å². The van der Waals surface area contributed by atoms with Crippen LogP contribution in [0.2, 0.25) is 10.0 Å². The highest BCUT2D eigenvalue weighted by Gasteiger charge is 2.55. The third-order valence-electron chi connectivity index (χ3n) is 6.50. The van der Waals surface area contributed by atoms with Gasteiger partial charge in [0, 0.05) is 22.5 Å². The van der Waals surface area contributed by atoms with E-state index in [4.69, 9.17) is 33.7 Å². The fraction of sp³-hybridized carbons (Fsp3) is 0.375. The maximum absolute atomic E-state index is 14.8. The van der Waals surface area contributed by atoms with Crippen molar-refractivity contribution in [3.8, 4) is 0 Å². The van der Waals surface area contributed by atoms with Crippen LogP contribution in [0.15, 0.2) is 47.4 Å². The summed E-state index contributed by atoms with van der Waals surface area (Å²) in [6.07, 6.45) is -4.15. The Bertz CT molecular complexity index is 1370. The normalized spacial score (nSPS) is 22.5. The van der Waals surface area contributed by atoms with Crippen LogP contribution in [0.1, 0.15) is 19.4 Å². The summed E-state index contributed by atoms with van der Waals surface area (Å²) in [5.41, 5.74) is 5.81. The molecule has 0 saturated carbocycles. The minimum Gasteiger partial charge on any atom is -0.435 e. The van der Waals surface area contributed by atoms with Gasteiger partial charge in [-0.3, -0.25) is 9.59 Å². The summed E-state index contributed by atoms with van der Waals surface area (Å²) in [5.74, 6) is -2.31. The Kier molecular flexibility index (Phi) is 7.89. The number of carbonyl (C=O) groups is 3. The highest BCUT2D eigenvalue weighted by molar-refractivity contribution is 7.89. The van der Waals surface area contributed by atoms with Gasteiger partial charge < -0.3 is 20.3 Å². The van der Waals surface area contributed by atoms with Crippen LogP contribution in [-0.2, 0) is 30.8 Å². The van der Waals surface area contributed by atoms with Crippen molar-refractivity contribution in [1.29, 1.82) is 0 Å². The second-order valence-electron chi connectivity index (χ2n) is 9.23. The summed E-state index contributed by atoms with van der Waals surface area (Å²) in [6, 6.07) is 8.20. The fourth-order valence-corrected chi connectivity index (χ4v) is 6.63. The molecule has 10 nitrogen and oxygen atoms in total. The van der Waals surface area contributed by atoms with E-state index in [0.717, 1.165) is 21.3 Å². The minimum atomic E-state index is -4.62. The van der Waals surface area contributed by atoms with E-state index in [2.05, 4.69) is 0 Å². The standard InChI is InChI=1S/C24H25Cl2FN4O6S/c1-13(2)29-12-21-30(38(35,36)20-8-7-16(26)10-17(20)27)11-19(37-24(28)34)23(33)31(21)18(22(29)32)9-14-3-5-15(25)6-4-14/h3-8,10,13,18-19,21H,9,11-12H2,1-2H3,(H2,28,34). The predicted octanol–water partition coefficient (Wildman–Crippen LogP) is 2.62. The fourth-order valence-electron chi connectivity index (χ4n) is 4.72. The lowest BCUT2D eigenvalue weighted by molar-refractivity contribution is -0.174. The third kappa shape index (κ3) is 5.31. The molecular formula is C24H25Cl2FN4O6S. The molecule has 0 radical (unpaired) electrons. The summed E-state index contributed by atoms with van der Waals surface area (Å²) in [6.45, 7) is 2.71. The first-order valence-corrected chi connectivity index (χ1v) is 13.8. The van der Waals surface area contributed by atoms with E-state index in [0.29, 0.717) is 10.6 Å². The zero-order valence-electron chi connectivity index (χ0n) is 20.4. The molecule has 2 aromatic rings. The number of piperazine rings is 1. The first-order chi connectivity index (χ1) is 17.8. The molecule has 2 aromatic carbocycles. The smallest absolute Gasteiger partial charge is 0.405 e. The summed E-state index contributed by atoms with van der Waals surface area (Å²) < 4.78 is 48.2. The first-order valence-electron chi connectivity index (χ1n) is 11.6. The monoisotopic (exact) mass is 586 g/mol. The van der Waals surface area contributed by atoms with Gasteiger partial charge >= 0.3 is 6.09 Å². The number of amides is 3. The van der Waals surface area contributed by atoms with Crippen LogP contribution >= 0.6 is 23.2 Å². The van der Waals surface area contributed by atoms with Gasteiger partial charge in [-0.15, -0.1) is 0 Å². The Balaban J connectivity index is 1.85. The predicted molar refractivity (Wildman–Crippen MR) is 136 cm³/mol. The van der Waals surface area contributed by atoms with Gasteiger partial charge in [0.1, 0.15) is 22.9 Å². The van der Waals surface area contributed by atoms with Gasteiger partial charge in [-0.1, -0.05) is 35.3 Å². The van der Waals surface area contributed by atoms with Crippen LogP contribution in [0, 0.1) is 5.82 Å². The number of nitrogens with zero attached hydrogens (tertiary/aromatic N) is 3. The van der Waals surface area contributed by atoms with E-state index in [1.807, 2.05) is 0 Å². The van der Waals surface area contributed by atoms with Crippen molar-refractivity contribution in [3.05, 3.63) is 63.9 Å². The molecule has 2 aliphatic rings. The number of primary amides is 1. The summed E-state index contributed by atoms with van der Waals surface area (Å²) in [4.78, 5) is 40.7. The lowest BCUT2D eigenvalue weighted by Gasteiger charge is -2.53. The van der Waals surface area contributed by atoms with Crippen LogP contribution in [0.3, 0.4) is 0 Å². The van der Waals surface area contributed by atoms with Gasteiger partial charge in [0.2, 0.25) is 15.9 Å². The number of hydrogen-bond acceptors (Lipinski definition) is 6. The van der Waals surface area contributed by atoms with E-state index in [1.165, 1.54) is 11.0 Å². The topological polar surface area (TPSA) is 130 Å². The molecule has 2 fully saturated rings. The minimum absolute atomic E-state index is 0.0101. The Morgan fingerprint density at radius 2 is 1.71 bits per heavy atom. The molecule has 3 atom stereocenters. The first kappa shape index (κ1) is 28.1. The number of hydrogen-bond donors (Lipinski definition) is 1. The molecule has 14 heteroatoms. The zero-order chi connectivity index (χ0) is 27.9. The average Bonchev–Trinajstić information content (AvgIpc) is 2.82. The lowest BCUT2D eigenvalue weighted by atomic mass is 9.97. The highest BCUT2D eigenvalue weighted by atomic mass is 35.5. The second-order valence-corrected chi connectivity index (χ2v) is 12.0. The third-order valence-corrected chi connectivity index (χ3v) is 8.88. The second kappa shape index (κ2) is 10.7. The molecule has 2 N–H and O–H groups in total. The summed E-state index contributed by atoms with van der Waals surface area (Å²) in [7, 11) is -4.62. The van der Waals surface area contributed by atoms with Crippen molar-refractivity contribution in [3.63, 3.8) is 0 Å². The molecular weight excluding hydrogens is 562 g/mol.